The maximum Gasteiger partial charge on any atom is 0.229 e. The van der Waals surface area contributed by atoms with E-state index >= 15 is 0 Å². The minimum absolute atomic E-state index is 0.00345. The molecule has 3 aliphatic rings. The van der Waals surface area contributed by atoms with Crippen molar-refractivity contribution in [3.8, 4) is 6.07 Å². The Balaban J connectivity index is 1.23. The predicted octanol–water partition coefficient (Wildman–Crippen LogP) is 3.66. The van der Waals surface area contributed by atoms with Crippen molar-refractivity contribution in [2.24, 2.45) is 18.4 Å². The number of nitrogens with one attached hydrogen (secondary N) is 1. The van der Waals surface area contributed by atoms with Gasteiger partial charge < -0.3 is 5.32 Å². The number of nitriles is 1. The summed E-state index contributed by atoms with van der Waals surface area (Å²) in [5.74, 6) is 0.714. The molecule has 1 spiro atoms. The van der Waals surface area contributed by atoms with Gasteiger partial charge in [0.1, 0.15) is 5.82 Å². The summed E-state index contributed by atoms with van der Waals surface area (Å²) in [6, 6.07) is 12.7. The van der Waals surface area contributed by atoms with E-state index < -0.39 is 0 Å². The van der Waals surface area contributed by atoms with Gasteiger partial charge in [-0.05, 0) is 60.2 Å². The van der Waals surface area contributed by atoms with E-state index in [0.29, 0.717) is 5.82 Å². The predicted molar refractivity (Wildman–Crippen MR) is 108 cm³/mol. The molecule has 1 N–H and O–H groups in total. The van der Waals surface area contributed by atoms with Crippen LogP contribution in [0.15, 0.2) is 42.7 Å². The monoisotopic (exact) mass is 383 g/mol. The third-order valence-corrected chi connectivity index (χ3v) is 7.14. The second kappa shape index (κ2) is 5.44. The largest absolute Gasteiger partial charge is 0.310 e. The van der Waals surface area contributed by atoms with E-state index in [9.17, 15) is 10.1 Å². The number of rotatable bonds is 4. The summed E-state index contributed by atoms with van der Waals surface area (Å²) in [5, 5.41) is 19.2. The Hall–Kier alpha value is -3.20. The maximum atomic E-state index is 12.6. The zero-order valence-corrected chi connectivity index (χ0v) is 16.2. The van der Waals surface area contributed by atoms with Crippen LogP contribution in [0.25, 0.3) is 10.8 Å². The molecule has 0 aliphatic heterocycles. The number of fused-ring (bicyclic) bond motifs is 1. The first-order valence-electron chi connectivity index (χ1n) is 10.2. The highest BCUT2D eigenvalue weighted by molar-refractivity contribution is 5.96. The fourth-order valence-electron chi connectivity index (χ4n) is 4.98. The Morgan fingerprint density at radius 1 is 1.28 bits per heavy atom. The van der Waals surface area contributed by atoms with Crippen molar-refractivity contribution in [1.29, 1.82) is 5.26 Å². The lowest BCUT2D eigenvalue weighted by Gasteiger charge is -2.11. The van der Waals surface area contributed by atoms with Crippen molar-refractivity contribution in [2.75, 3.05) is 5.32 Å². The molecular formula is C23H21N5O. The van der Waals surface area contributed by atoms with Crippen LogP contribution in [0.4, 0.5) is 5.82 Å². The quantitative estimate of drug-likeness (QED) is 0.745. The molecule has 1 amide bonds. The number of aryl methyl sites for hydroxylation is 1. The number of anilines is 1. The highest BCUT2D eigenvalue weighted by Crippen LogP contribution is 2.78. The number of hydrogen-bond acceptors (Lipinski definition) is 4. The van der Waals surface area contributed by atoms with Gasteiger partial charge in [0.05, 0.1) is 17.2 Å². The molecule has 3 aliphatic carbocycles. The highest BCUT2D eigenvalue weighted by Gasteiger charge is 2.75. The third-order valence-electron chi connectivity index (χ3n) is 7.14. The van der Waals surface area contributed by atoms with Crippen LogP contribution in [0, 0.1) is 22.7 Å². The smallest absolute Gasteiger partial charge is 0.229 e. The molecule has 3 aromatic rings. The normalized spacial score (nSPS) is 28.1. The summed E-state index contributed by atoms with van der Waals surface area (Å²) >= 11 is 0. The standard InChI is InChI=1S/C23H21N5O/c1-28-7-4-19(27-28)17-10-18(17)21(29)26-20-9-15-8-16(3-2-14(15)11-25-20)23(13-24)12-22(23)5-6-22/h2-4,7-9,11,17-18H,5-6,10,12H2,1H3,(H,25,26,29). The topological polar surface area (TPSA) is 83.6 Å². The summed E-state index contributed by atoms with van der Waals surface area (Å²) in [4.78, 5) is 17.1. The Bertz CT molecular complexity index is 1220. The van der Waals surface area contributed by atoms with Gasteiger partial charge in [0.2, 0.25) is 5.91 Å². The molecule has 3 saturated carbocycles. The minimum atomic E-state index is -0.308. The minimum Gasteiger partial charge on any atom is -0.310 e. The van der Waals surface area contributed by atoms with Gasteiger partial charge in [-0.15, -0.1) is 0 Å². The summed E-state index contributed by atoms with van der Waals surface area (Å²) < 4.78 is 1.77. The van der Waals surface area contributed by atoms with Crippen molar-refractivity contribution in [3.63, 3.8) is 0 Å². The van der Waals surface area contributed by atoms with Crippen molar-refractivity contribution in [1.82, 2.24) is 14.8 Å². The van der Waals surface area contributed by atoms with Gasteiger partial charge in [-0.2, -0.15) is 10.4 Å². The fourth-order valence-corrected chi connectivity index (χ4v) is 4.98. The summed E-state index contributed by atoms with van der Waals surface area (Å²) in [7, 11) is 1.89. The van der Waals surface area contributed by atoms with E-state index in [4.69, 9.17) is 0 Å². The van der Waals surface area contributed by atoms with Crippen LogP contribution in [-0.2, 0) is 17.3 Å². The van der Waals surface area contributed by atoms with E-state index in [1.165, 1.54) is 0 Å². The molecular weight excluding hydrogens is 362 g/mol. The number of amides is 1. The first kappa shape index (κ1) is 16.7. The van der Waals surface area contributed by atoms with Crippen LogP contribution in [0.2, 0.25) is 0 Å². The molecule has 3 unspecified atom stereocenters. The van der Waals surface area contributed by atoms with E-state index in [2.05, 4.69) is 33.6 Å². The number of nitrogens with zero attached hydrogens (tertiary/aromatic N) is 4. The van der Waals surface area contributed by atoms with Crippen molar-refractivity contribution in [2.45, 2.75) is 37.0 Å². The van der Waals surface area contributed by atoms with Gasteiger partial charge in [0, 0.05) is 36.7 Å². The zero-order chi connectivity index (χ0) is 19.8. The van der Waals surface area contributed by atoms with Gasteiger partial charge in [0.25, 0.3) is 0 Å². The molecule has 3 fully saturated rings. The second-order valence-electron chi connectivity index (χ2n) is 8.96. The summed E-state index contributed by atoms with van der Waals surface area (Å²) in [5.41, 5.74) is 2.01. The molecule has 6 rings (SSSR count). The van der Waals surface area contributed by atoms with Gasteiger partial charge in [-0.3, -0.25) is 9.48 Å². The molecule has 0 bridgehead atoms. The average Bonchev–Trinajstić information content (AvgIpc) is 3.67. The van der Waals surface area contributed by atoms with Gasteiger partial charge in [0.15, 0.2) is 0 Å². The van der Waals surface area contributed by atoms with Gasteiger partial charge in [-0.25, -0.2) is 4.98 Å². The molecule has 2 aromatic heterocycles. The number of pyridine rings is 1. The lowest BCUT2D eigenvalue weighted by Crippen LogP contribution is -2.15. The molecule has 144 valence electrons. The fraction of sp³-hybridized carbons (Fsp3) is 0.391. The van der Waals surface area contributed by atoms with Crippen LogP contribution in [-0.4, -0.2) is 20.7 Å². The molecule has 3 atom stereocenters. The molecule has 1 aromatic carbocycles. The molecule has 0 radical (unpaired) electrons. The Kier molecular flexibility index (Phi) is 3.14. The number of aromatic nitrogens is 3. The number of benzene rings is 1. The van der Waals surface area contributed by atoms with Crippen LogP contribution < -0.4 is 5.32 Å². The number of carbonyl (C=O) groups is 1. The lowest BCUT2D eigenvalue weighted by molar-refractivity contribution is -0.117. The first-order chi connectivity index (χ1) is 14.0. The van der Waals surface area contributed by atoms with Crippen molar-refractivity contribution in [3.05, 3.63) is 54.0 Å². The SMILES string of the molecule is Cn1ccc(C2CC2C(=O)Nc2cc3cc(C4(C#N)CC45CC5)ccc3cn2)n1. The van der Waals surface area contributed by atoms with E-state index in [1.54, 1.807) is 10.9 Å². The summed E-state index contributed by atoms with van der Waals surface area (Å²) in [6.45, 7) is 0. The molecule has 2 heterocycles. The molecule has 6 heteroatoms. The third kappa shape index (κ3) is 2.43. The van der Waals surface area contributed by atoms with Crippen molar-refractivity contribution >= 4 is 22.5 Å². The van der Waals surface area contributed by atoms with Gasteiger partial charge >= 0.3 is 0 Å². The van der Waals surface area contributed by atoms with Crippen LogP contribution in [0.5, 0.6) is 0 Å². The van der Waals surface area contributed by atoms with Crippen LogP contribution in [0.3, 0.4) is 0 Å². The van der Waals surface area contributed by atoms with Gasteiger partial charge in [-0.1, -0.05) is 12.1 Å². The molecule has 6 nitrogen and oxygen atoms in total. The Morgan fingerprint density at radius 3 is 2.83 bits per heavy atom. The van der Waals surface area contributed by atoms with Crippen LogP contribution in [0.1, 0.15) is 42.9 Å². The first-order valence-corrected chi connectivity index (χ1v) is 10.2. The lowest BCUT2D eigenvalue weighted by atomic mass is 9.92. The average molecular weight is 383 g/mol. The maximum absolute atomic E-state index is 12.6. The Labute approximate surface area is 168 Å². The number of carbonyl (C=O) groups excluding carboxylic acids is 1. The van der Waals surface area contributed by atoms with E-state index in [0.717, 1.165) is 47.7 Å². The van der Waals surface area contributed by atoms with Crippen molar-refractivity contribution < 1.29 is 4.79 Å². The molecule has 29 heavy (non-hydrogen) atoms. The Morgan fingerprint density at radius 2 is 2.14 bits per heavy atom. The van der Waals surface area contributed by atoms with Crippen LogP contribution >= 0.6 is 0 Å². The van der Waals surface area contributed by atoms with E-state index in [-0.39, 0.29) is 28.6 Å². The van der Waals surface area contributed by atoms with E-state index in [1.807, 2.05) is 31.4 Å². The zero-order valence-electron chi connectivity index (χ0n) is 16.2. The second-order valence-corrected chi connectivity index (χ2v) is 8.96. The molecule has 0 saturated heterocycles. The number of hydrogen-bond donors (Lipinski definition) is 1. The highest BCUT2D eigenvalue weighted by atomic mass is 16.2. The summed E-state index contributed by atoms with van der Waals surface area (Å²) in [6.07, 6.45) is 7.83.